The number of hydrogen-bond donors (Lipinski definition) is 0. The maximum Gasteiger partial charge on any atom is 0.165 e. The summed E-state index contributed by atoms with van der Waals surface area (Å²) in [6, 6.07) is 2.12. The second kappa shape index (κ2) is 3.99. The van der Waals surface area contributed by atoms with Gasteiger partial charge in [-0.15, -0.1) is 0 Å². The molecule has 2 rings (SSSR count). The van der Waals surface area contributed by atoms with E-state index in [0.29, 0.717) is 0 Å². The van der Waals surface area contributed by atoms with E-state index in [9.17, 15) is 8.78 Å². The Bertz CT molecular complexity index is 397. The molecule has 0 unspecified atom stereocenters. The summed E-state index contributed by atoms with van der Waals surface area (Å²) in [5.41, 5.74) is -0.698. The predicted octanol–water partition coefficient (Wildman–Crippen LogP) is 1.85. The standard InChI is InChI=1S/C11H12F2O3/c1-14-10-4-8(12)7(3-9(10)13)11(15-2)5-16-6-11/h3-4H,5-6H2,1-2H3. The Kier molecular flexibility index (Phi) is 2.82. The van der Waals surface area contributed by atoms with Crippen LogP contribution in [0.1, 0.15) is 5.56 Å². The number of halogens is 2. The largest absolute Gasteiger partial charge is 0.494 e. The van der Waals surface area contributed by atoms with Gasteiger partial charge in [-0.25, -0.2) is 8.78 Å². The fourth-order valence-corrected chi connectivity index (χ4v) is 1.70. The molecule has 0 amide bonds. The smallest absolute Gasteiger partial charge is 0.165 e. The highest BCUT2D eigenvalue weighted by Crippen LogP contribution is 2.36. The van der Waals surface area contributed by atoms with Gasteiger partial charge in [0.1, 0.15) is 11.4 Å². The van der Waals surface area contributed by atoms with E-state index in [1.165, 1.54) is 14.2 Å². The third-order valence-corrected chi connectivity index (χ3v) is 2.79. The Morgan fingerprint density at radius 2 is 1.88 bits per heavy atom. The van der Waals surface area contributed by atoms with Crippen molar-refractivity contribution < 1.29 is 23.0 Å². The quantitative estimate of drug-likeness (QED) is 0.793. The normalized spacial score (nSPS) is 18.0. The molecule has 1 aromatic carbocycles. The molecule has 5 heteroatoms. The van der Waals surface area contributed by atoms with Crippen LogP contribution >= 0.6 is 0 Å². The lowest BCUT2D eigenvalue weighted by atomic mass is 9.91. The van der Waals surface area contributed by atoms with Gasteiger partial charge in [0.2, 0.25) is 0 Å². The van der Waals surface area contributed by atoms with E-state index in [-0.39, 0.29) is 24.5 Å². The zero-order valence-electron chi connectivity index (χ0n) is 9.05. The topological polar surface area (TPSA) is 27.7 Å². The summed E-state index contributed by atoms with van der Waals surface area (Å²) < 4.78 is 42.1. The first-order valence-corrected chi connectivity index (χ1v) is 4.79. The van der Waals surface area contributed by atoms with Crippen molar-refractivity contribution in [1.82, 2.24) is 0 Å². The van der Waals surface area contributed by atoms with Gasteiger partial charge in [-0.2, -0.15) is 0 Å². The van der Waals surface area contributed by atoms with E-state index < -0.39 is 17.2 Å². The van der Waals surface area contributed by atoms with Crippen molar-refractivity contribution >= 4 is 0 Å². The first-order valence-electron chi connectivity index (χ1n) is 4.79. The average molecular weight is 230 g/mol. The van der Waals surface area contributed by atoms with E-state index in [1.807, 2.05) is 0 Å². The van der Waals surface area contributed by atoms with Crippen molar-refractivity contribution in [2.45, 2.75) is 5.60 Å². The average Bonchev–Trinajstić information content (AvgIpc) is 2.22. The highest BCUT2D eigenvalue weighted by molar-refractivity contribution is 5.35. The first-order chi connectivity index (χ1) is 7.63. The Morgan fingerprint density at radius 3 is 2.31 bits per heavy atom. The van der Waals surface area contributed by atoms with Crippen LogP contribution in [0.4, 0.5) is 8.78 Å². The molecule has 0 N–H and O–H groups in total. The lowest BCUT2D eigenvalue weighted by molar-refractivity contribution is -0.204. The summed E-state index contributed by atoms with van der Waals surface area (Å²) in [7, 11) is 2.74. The molecule has 1 heterocycles. The van der Waals surface area contributed by atoms with Crippen LogP contribution in [0, 0.1) is 11.6 Å². The summed E-state index contributed by atoms with van der Waals surface area (Å²) in [5.74, 6) is -1.28. The number of ether oxygens (including phenoxy) is 3. The van der Waals surface area contributed by atoms with Gasteiger partial charge in [0.25, 0.3) is 0 Å². The molecule has 1 aliphatic heterocycles. The van der Waals surface area contributed by atoms with E-state index in [0.717, 1.165) is 12.1 Å². The minimum absolute atomic E-state index is 0.118. The maximum absolute atomic E-state index is 13.7. The molecule has 3 nitrogen and oxygen atoms in total. The molecule has 0 radical (unpaired) electrons. The fourth-order valence-electron chi connectivity index (χ4n) is 1.70. The van der Waals surface area contributed by atoms with Crippen LogP contribution in [0.15, 0.2) is 12.1 Å². The zero-order chi connectivity index (χ0) is 11.8. The van der Waals surface area contributed by atoms with Gasteiger partial charge in [-0.1, -0.05) is 0 Å². The van der Waals surface area contributed by atoms with Gasteiger partial charge in [0.05, 0.1) is 20.3 Å². The molecule has 1 aliphatic rings. The SMILES string of the molecule is COc1cc(F)c(C2(OC)COC2)cc1F. The molecular formula is C11H12F2O3. The number of hydrogen-bond acceptors (Lipinski definition) is 3. The van der Waals surface area contributed by atoms with Crippen molar-refractivity contribution in [1.29, 1.82) is 0 Å². The van der Waals surface area contributed by atoms with Crippen LogP contribution in [0.5, 0.6) is 5.75 Å². The molecule has 0 saturated carbocycles. The van der Waals surface area contributed by atoms with Crippen molar-refractivity contribution in [3.05, 3.63) is 29.3 Å². The van der Waals surface area contributed by atoms with Gasteiger partial charge in [0.15, 0.2) is 11.6 Å². The van der Waals surface area contributed by atoms with Gasteiger partial charge in [-0.3, -0.25) is 0 Å². The summed E-state index contributed by atoms with van der Waals surface area (Å²) >= 11 is 0. The predicted molar refractivity (Wildman–Crippen MR) is 52.4 cm³/mol. The van der Waals surface area contributed by atoms with E-state index in [1.54, 1.807) is 0 Å². The van der Waals surface area contributed by atoms with Gasteiger partial charge in [-0.05, 0) is 6.07 Å². The van der Waals surface area contributed by atoms with Crippen molar-refractivity contribution in [2.24, 2.45) is 0 Å². The van der Waals surface area contributed by atoms with Crippen LogP contribution in [0.2, 0.25) is 0 Å². The monoisotopic (exact) mass is 230 g/mol. The second-order valence-electron chi connectivity index (χ2n) is 3.66. The lowest BCUT2D eigenvalue weighted by Gasteiger charge is -2.40. The van der Waals surface area contributed by atoms with E-state index >= 15 is 0 Å². The first kappa shape index (κ1) is 11.3. The van der Waals surface area contributed by atoms with E-state index in [2.05, 4.69) is 0 Å². The molecule has 1 aromatic rings. The van der Waals surface area contributed by atoms with Crippen LogP contribution < -0.4 is 4.74 Å². The molecule has 1 fully saturated rings. The third-order valence-electron chi connectivity index (χ3n) is 2.79. The van der Waals surface area contributed by atoms with Crippen LogP contribution in [-0.2, 0) is 15.1 Å². The molecule has 0 aromatic heterocycles. The highest BCUT2D eigenvalue weighted by atomic mass is 19.1. The van der Waals surface area contributed by atoms with Crippen molar-refractivity contribution in [3.8, 4) is 5.75 Å². The Hall–Kier alpha value is -1.20. The second-order valence-corrected chi connectivity index (χ2v) is 3.66. The Morgan fingerprint density at radius 1 is 1.19 bits per heavy atom. The maximum atomic E-state index is 13.7. The Balaban J connectivity index is 2.45. The number of benzene rings is 1. The third kappa shape index (κ3) is 1.56. The lowest BCUT2D eigenvalue weighted by Crippen LogP contribution is -2.48. The Labute approximate surface area is 91.9 Å². The number of methoxy groups -OCH3 is 2. The summed E-state index contributed by atoms with van der Waals surface area (Å²) in [4.78, 5) is 0. The summed E-state index contributed by atoms with van der Waals surface area (Å²) in [6.45, 7) is 0.457. The molecule has 0 spiro atoms. The molecule has 16 heavy (non-hydrogen) atoms. The molecule has 88 valence electrons. The molecule has 0 atom stereocenters. The van der Waals surface area contributed by atoms with Crippen LogP contribution in [0.25, 0.3) is 0 Å². The molecule has 1 saturated heterocycles. The molecule has 0 aliphatic carbocycles. The van der Waals surface area contributed by atoms with Crippen LogP contribution in [-0.4, -0.2) is 27.4 Å². The van der Waals surface area contributed by atoms with Crippen molar-refractivity contribution in [3.63, 3.8) is 0 Å². The summed E-state index contributed by atoms with van der Waals surface area (Å²) in [5, 5.41) is 0. The van der Waals surface area contributed by atoms with Crippen LogP contribution in [0.3, 0.4) is 0 Å². The number of rotatable bonds is 3. The minimum Gasteiger partial charge on any atom is -0.494 e. The zero-order valence-corrected chi connectivity index (χ0v) is 9.05. The highest BCUT2D eigenvalue weighted by Gasteiger charge is 2.43. The van der Waals surface area contributed by atoms with Gasteiger partial charge in [0, 0.05) is 18.7 Å². The van der Waals surface area contributed by atoms with Gasteiger partial charge >= 0.3 is 0 Å². The fraction of sp³-hybridized carbons (Fsp3) is 0.455. The van der Waals surface area contributed by atoms with Crippen molar-refractivity contribution in [2.75, 3.05) is 27.4 Å². The van der Waals surface area contributed by atoms with E-state index in [4.69, 9.17) is 14.2 Å². The summed E-state index contributed by atoms with van der Waals surface area (Å²) in [6.07, 6.45) is 0. The minimum atomic E-state index is -0.864. The molecular weight excluding hydrogens is 218 g/mol. The molecule has 0 bridgehead atoms. The van der Waals surface area contributed by atoms with Gasteiger partial charge < -0.3 is 14.2 Å².